The van der Waals surface area contributed by atoms with Crippen molar-refractivity contribution in [3.05, 3.63) is 60.7 Å². The van der Waals surface area contributed by atoms with Gasteiger partial charge in [0.1, 0.15) is 0 Å². The summed E-state index contributed by atoms with van der Waals surface area (Å²) in [7, 11) is 0. The van der Waals surface area contributed by atoms with Crippen LogP contribution < -0.4 is 0 Å². The van der Waals surface area contributed by atoms with Crippen LogP contribution in [0.15, 0.2) is 60.7 Å². The van der Waals surface area contributed by atoms with Crippen molar-refractivity contribution >= 4 is 55.4 Å². The van der Waals surface area contributed by atoms with E-state index in [1.807, 2.05) is 0 Å². The Kier molecular flexibility index (Phi) is 2.46. The van der Waals surface area contributed by atoms with E-state index >= 15 is 0 Å². The minimum absolute atomic E-state index is 0. The highest BCUT2D eigenvalue weighted by atomic mass is 24.3. The van der Waals surface area contributed by atoms with Crippen LogP contribution >= 0.6 is 0 Å². The number of hydrogen-bond donors (Lipinski definition) is 0. The van der Waals surface area contributed by atoms with Crippen molar-refractivity contribution in [2.45, 2.75) is 0 Å². The predicted octanol–water partition coefficient (Wildman–Crippen LogP) is 4.20. The van der Waals surface area contributed by atoms with Crippen molar-refractivity contribution in [3.63, 3.8) is 0 Å². The van der Waals surface area contributed by atoms with Gasteiger partial charge < -0.3 is 0 Å². The molecular weight excluding hydrogens is 216 g/mol. The zero-order valence-corrected chi connectivity index (χ0v) is 10.9. The van der Waals surface area contributed by atoms with E-state index in [4.69, 9.17) is 0 Å². The maximum atomic E-state index is 2.21. The lowest BCUT2D eigenvalue weighted by Crippen LogP contribution is -1.82. The minimum atomic E-state index is 0. The molecule has 4 rings (SSSR count). The van der Waals surface area contributed by atoms with E-state index < -0.39 is 0 Å². The topological polar surface area (TPSA) is 0 Å². The van der Waals surface area contributed by atoms with Gasteiger partial charge in [0.25, 0.3) is 0 Å². The molecule has 4 aromatic carbocycles. The first-order valence-electron chi connectivity index (χ1n) is 5.56. The SMILES string of the molecule is [Mg].c1cc2ccc3cccc4ccc(c1)c2c34. The standard InChI is InChI=1S/C16H10.Mg/c1-3-11-7-9-13-5-2-6-14-10-8-12(4-1)15(11)16(13)14;/h1-10H;. The van der Waals surface area contributed by atoms with Gasteiger partial charge in [0.2, 0.25) is 0 Å². The molecule has 0 spiro atoms. The highest BCUT2D eigenvalue weighted by Crippen LogP contribution is 2.33. The zero-order chi connectivity index (χ0) is 10.5. The van der Waals surface area contributed by atoms with Crippen LogP contribution in [0.3, 0.4) is 0 Å². The molecule has 0 amide bonds. The van der Waals surface area contributed by atoms with E-state index in [0.717, 1.165) is 0 Å². The molecule has 0 fully saturated rings. The van der Waals surface area contributed by atoms with E-state index in [9.17, 15) is 0 Å². The van der Waals surface area contributed by atoms with Gasteiger partial charge in [-0.25, -0.2) is 0 Å². The fraction of sp³-hybridized carbons (Fsp3) is 0. The van der Waals surface area contributed by atoms with Gasteiger partial charge in [-0.3, -0.25) is 0 Å². The molecule has 0 unspecified atom stereocenters. The first kappa shape index (κ1) is 10.8. The van der Waals surface area contributed by atoms with Crippen molar-refractivity contribution in [3.8, 4) is 0 Å². The highest BCUT2D eigenvalue weighted by Gasteiger charge is 2.05. The monoisotopic (exact) mass is 226 g/mol. The molecule has 2 radical (unpaired) electrons. The van der Waals surface area contributed by atoms with Gasteiger partial charge in [-0.05, 0) is 32.3 Å². The van der Waals surface area contributed by atoms with Crippen LogP contribution in [0.5, 0.6) is 0 Å². The molecule has 76 valence electrons. The van der Waals surface area contributed by atoms with Gasteiger partial charge in [0.15, 0.2) is 0 Å². The van der Waals surface area contributed by atoms with Gasteiger partial charge in [-0.2, -0.15) is 0 Å². The van der Waals surface area contributed by atoms with Crippen LogP contribution in [0.25, 0.3) is 32.3 Å². The van der Waals surface area contributed by atoms with Crippen LogP contribution in [-0.4, -0.2) is 23.1 Å². The number of hydrogen-bond acceptors (Lipinski definition) is 0. The maximum Gasteiger partial charge on any atom is 0 e. The molecule has 1 heteroatoms. The fourth-order valence-electron chi connectivity index (χ4n) is 2.67. The average Bonchev–Trinajstić information content (AvgIpc) is 2.36. The van der Waals surface area contributed by atoms with E-state index in [-0.39, 0.29) is 23.1 Å². The summed E-state index contributed by atoms with van der Waals surface area (Å²) in [6.07, 6.45) is 0. The lowest BCUT2D eigenvalue weighted by molar-refractivity contribution is 1.78. The molecule has 17 heavy (non-hydrogen) atoms. The summed E-state index contributed by atoms with van der Waals surface area (Å²) in [6.45, 7) is 0. The average molecular weight is 227 g/mol. The molecular formula is C16H10Mg. The largest absolute Gasteiger partial charge is 0.0610 e. The Morgan fingerprint density at radius 2 is 0.706 bits per heavy atom. The smallest absolute Gasteiger partial charge is 0 e. The Labute approximate surface area is 116 Å². The zero-order valence-electron chi connectivity index (χ0n) is 9.48. The molecule has 0 atom stereocenters. The van der Waals surface area contributed by atoms with Gasteiger partial charge in [-0.1, -0.05) is 60.7 Å². The Morgan fingerprint density at radius 1 is 0.412 bits per heavy atom. The highest BCUT2D eigenvalue weighted by molar-refractivity contribution is 6.22. The second kappa shape index (κ2) is 3.86. The molecule has 0 aliphatic heterocycles. The quantitative estimate of drug-likeness (QED) is 0.311. The molecule has 0 aromatic heterocycles. The molecule has 0 aliphatic carbocycles. The van der Waals surface area contributed by atoms with Gasteiger partial charge in [-0.15, -0.1) is 0 Å². The maximum absolute atomic E-state index is 2.21. The molecule has 4 aromatic rings. The predicted molar refractivity (Wildman–Crippen MR) is 75.9 cm³/mol. The summed E-state index contributed by atoms with van der Waals surface area (Å²) in [4.78, 5) is 0. The second-order valence-electron chi connectivity index (χ2n) is 4.29. The van der Waals surface area contributed by atoms with Crippen LogP contribution in [0.4, 0.5) is 0 Å². The second-order valence-corrected chi connectivity index (χ2v) is 4.29. The molecule has 0 saturated heterocycles. The molecule has 0 saturated carbocycles. The third kappa shape index (κ3) is 1.43. The Hall–Kier alpha value is -1.31. The van der Waals surface area contributed by atoms with E-state index in [1.54, 1.807) is 0 Å². The molecule has 0 aliphatic rings. The molecule has 0 bridgehead atoms. The van der Waals surface area contributed by atoms with E-state index in [1.165, 1.54) is 32.3 Å². The van der Waals surface area contributed by atoms with E-state index in [2.05, 4.69) is 60.7 Å². The molecule has 0 N–H and O–H groups in total. The Morgan fingerprint density at radius 3 is 1.00 bits per heavy atom. The van der Waals surface area contributed by atoms with Gasteiger partial charge in [0, 0.05) is 23.1 Å². The van der Waals surface area contributed by atoms with Crippen molar-refractivity contribution in [2.75, 3.05) is 0 Å². The van der Waals surface area contributed by atoms with Crippen LogP contribution in [0, 0.1) is 0 Å². The first-order chi connectivity index (χ1) is 7.93. The van der Waals surface area contributed by atoms with Crippen molar-refractivity contribution < 1.29 is 0 Å². The normalized spacial score (nSPS) is 11.1. The Bertz CT molecular complexity index is 672. The minimum Gasteiger partial charge on any atom is -0.0610 e. The Balaban J connectivity index is 0.000000902. The van der Waals surface area contributed by atoms with Crippen LogP contribution in [0.2, 0.25) is 0 Å². The van der Waals surface area contributed by atoms with Crippen LogP contribution in [0.1, 0.15) is 0 Å². The van der Waals surface area contributed by atoms with Crippen molar-refractivity contribution in [1.82, 2.24) is 0 Å². The summed E-state index contributed by atoms with van der Waals surface area (Å²) in [6, 6.07) is 21.9. The van der Waals surface area contributed by atoms with Crippen molar-refractivity contribution in [1.29, 1.82) is 0 Å². The molecule has 0 nitrogen and oxygen atoms in total. The lowest BCUT2D eigenvalue weighted by Gasteiger charge is -2.09. The number of benzene rings is 4. The third-order valence-corrected chi connectivity index (χ3v) is 3.39. The summed E-state index contributed by atoms with van der Waals surface area (Å²) in [5.74, 6) is 0. The third-order valence-electron chi connectivity index (χ3n) is 3.39. The summed E-state index contributed by atoms with van der Waals surface area (Å²) in [5, 5.41) is 8.14. The first-order valence-corrected chi connectivity index (χ1v) is 5.56. The summed E-state index contributed by atoms with van der Waals surface area (Å²) in [5.41, 5.74) is 0. The van der Waals surface area contributed by atoms with E-state index in [0.29, 0.717) is 0 Å². The lowest BCUT2D eigenvalue weighted by atomic mass is 9.95. The van der Waals surface area contributed by atoms with Gasteiger partial charge in [0.05, 0.1) is 0 Å². The fourth-order valence-corrected chi connectivity index (χ4v) is 2.67. The summed E-state index contributed by atoms with van der Waals surface area (Å²) < 4.78 is 0. The van der Waals surface area contributed by atoms with Crippen molar-refractivity contribution in [2.24, 2.45) is 0 Å². The molecule has 0 heterocycles. The number of rotatable bonds is 0. The summed E-state index contributed by atoms with van der Waals surface area (Å²) >= 11 is 0. The van der Waals surface area contributed by atoms with Gasteiger partial charge >= 0.3 is 0 Å². The van der Waals surface area contributed by atoms with Crippen LogP contribution in [-0.2, 0) is 0 Å².